The van der Waals surface area contributed by atoms with Crippen LogP contribution in [-0.2, 0) is 11.3 Å². The summed E-state index contributed by atoms with van der Waals surface area (Å²) in [6.45, 7) is 4.20. The minimum absolute atomic E-state index is 0.0847. The van der Waals surface area contributed by atoms with E-state index in [-0.39, 0.29) is 5.91 Å². The van der Waals surface area contributed by atoms with Gasteiger partial charge >= 0.3 is 0 Å². The number of amides is 1. The molecule has 0 aliphatic carbocycles. The third-order valence-electron chi connectivity index (χ3n) is 3.68. The quantitative estimate of drug-likeness (QED) is 0.740. The van der Waals surface area contributed by atoms with E-state index in [0.29, 0.717) is 12.3 Å². The van der Waals surface area contributed by atoms with Gasteiger partial charge in [-0.15, -0.1) is 0 Å². The summed E-state index contributed by atoms with van der Waals surface area (Å²) >= 11 is 3.45. The average molecular weight is 392 g/mol. The zero-order valence-corrected chi connectivity index (χ0v) is 16.0. The molecule has 0 radical (unpaired) electrons. The summed E-state index contributed by atoms with van der Waals surface area (Å²) < 4.78 is 12.1. The highest BCUT2D eigenvalue weighted by Crippen LogP contribution is 2.24. The number of benzene rings is 2. The molecule has 0 aliphatic rings. The average Bonchev–Trinajstić information content (AvgIpc) is 2.54. The maximum atomic E-state index is 12.6. The summed E-state index contributed by atoms with van der Waals surface area (Å²) in [4.78, 5) is 14.2. The summed E-state index contributed by atoms with van der Waals surface area (Å²) in [7, 11) is 3.39. The lowest BCUT2D eigenvalue weighted by Crippen LogP contribution is -2.37. The van der Waals surface area contributed by atoms with Crippen molar-refractivity contribution in [3.8, 4) is 11.5 Å². The molecule has 0 aliphatic heterocycles. The zero-order chi connectivity index (χ0) is 17.7. The molecule has 0 unspecified atom stereocenters. The molecule has 0 aromatic heterocycles. The second-order valence-corrected chi connectivity index (χ2v) is 6.64. The SMILES string of the molecule is COc1ccc(Br)cc1CN(C)C(=O)[C@@H](C)Oc1cccc(C)c1. The van der Waals surface area contributed by atoms with Gasteiger partial charge in [-0.05, 0) is 49.7 Å². The van der Waals surface area contributed by atoms with E-state index in [1.165, 1.54) is 0 Å². The molecule has 0 N–H and O–H groups in total. The Bertz CT molecular complexity index is 718. The molecule has 24 heavy (non-hydrogen) atoms. The number of rotatable bonds is 6. The van der Waals surface area contributed by atoms with Gasteiger partial charge in [-0.1, -0.05) is 28.1 Å². The van der Waals surface area contributed by atoms with Gasteiger partial charge in [0.2, 0.25) is 0 Å². The largest absolute Gasteiger partial charge is 0.496 e. The van der Waals surface area contributed by atoms with Crippen molar-refractivity contribution in [3.63, 3.8) is 0 Å². The van der Waals surface area contributed by atoms with Crippen LogP contribution in [0.15, 0.2) is 46.9 Å². The van der Waals surface area contributed by atoms with Gasteiger partial charge in [-0.3, -0.25) is 4.79 Å². The highest BCUT2D eigenvalue weighted by molar-refractivity contribution is 9.10. The van der Waals surface area contributed by atoms with E-state index in [9.17, 15) is 4.79 Å². The lowest BCUT2D eigenvalue weighted by atomic mass is 10.2. The van der Waals surface area contributed by atoms with Gasteiger partial charge in [0, 0.05) is 23.6 Å². The fourth-order valence-electron chi connectivity index (χ4n) is 2.46. The Morgan fingerprint density at radius 1 is 1.25 bits per heavy atom. The molecule has 2 rings (SSSR count). The fraction of sp³-hybridized carbons (Fsp3) is 0.316. The van der Waals surface area contributed by atoms with Crippen molar-refractivity contribution in [2.24, 2.45) is 0 Å². The molecule has 0 fully saturated rings. The van der Waals surface area contributed by atoms with Crippen molar-refractivity contribution in [2.45, 2.75) is 26.5 Å². The third kappa shape index (κ3) is 4.74. The van der Waals surface area contributed by atoms with Gasteiger partial charge in [0.15, 0.2) is 6.10 Å². The molecule has 0 heterocycles. The van der Waals surface area contributed by atoms with Gasteiger partial charge < -0.3 is 14.4 Å². The molecular formula is C19H22BrNO3. The number of ether oxygens (including phenoxy) is 2. The molecule has 4 nitrogen and oxygen atoms in total. The molecule has 2 aromatic rings. The first-order valence-electron chi connectivity index (χ1n) is 7.71. The van der Waals surface area contributed by atoms with Crippen LogP contribution in [0, 0.1) is 6.92 Å². The Morgan fingerprint density at radius 3 is 2.67 bits per heavy atom. The van der Waals surface area contributed by atoms with E-state index >= 15 is 0 Å². The Kier molecular flexibility index (Phi) is 6.26. The molecule has 5 heteroatoms. The molecular weight excluding hydrogens is 370 g/mol. The number of hydrogen-bond donors (Lipinski definition) is 0. The lowest BCUT2D eigenvalue weighted by Gasteiger charge is -2.23. The van der Waals surface area contributed by atoms with Crippen LogP contribution >= 0.6 is 15.9 Å². The summed E-state index contributed by atoms with van der Waals surface area (Å²) in [6, 6.07) is 13.4. The van der Waals surface area contributed by atoms with Crippen molar-refractivity contribution >= 4 is 21.8 Å². The molecule has 0 saturated heterocycles. The summed E-state index contributed by atoms with van der Waals surface area (Å²) in [5.41, 5.74) is 2.03. The summed E-state index contributed by atoms with van der Waals surface area (Å²) in [6.07, 6.45) is -0.560. The second kappa shape index (κ2) is 8.20. The number of aryl methyl sites for hydroxylation is 1. The Hall–Kier alpha value is -2.01. The van der Waals surface area contributed by atoms with Crippen molar-refractivity contribution in [3.05, 3.63) is 58.1 Å². The number of halogens is 1. The van der Waals surface area contributed by atoms with Crippen molar-refractivity contribution in [1.82, 2.24) is 4.90 Å². The first-order chi connectivity index (χ1) is 11.4. The number of nitrogens with zero attached hydrogens (tertiary/aromatic N) is 1. The molecule has 128 valence electrons. The van der Waals surface area contributed by atoms with Gasteiger partial charge in [0.05, 0.1) is 7.11 Å². The summed E-state index contributed by atoms with van der Waals surface area (Å²) in [5.74, 6) is 1.37. The van der Waals surface area contributed by atoms with Crippen molar-refractivity contribution < 1.29 is 14.3 Å². The van der Waals surface area contributed by atoms with Gasteiger partial charge in [-0.25, -0.2) is 0 Å². The standard InChI is InChI=1S/C19H22BrNO3/c1-13-6-5-7-17(10-13)24-14(2)19(22)21(3)12-15-11-16(20)8-9-18(15)23-4/h5-11,14H,12H2,1-4H3/t14-/m1/s1. The molecule has 1 atom stereocenters. The molecule has 2 aromatic carbocycles. The van der Waals surface area contributed by atoms with Crippen LogP contribution in [0.3, 0.4) is 0 Å². The number of carbonyl (C=O) groups excluding carboxylic acids is 1. The number of methoxy groups -OCH3 is 1. The van der Waals surface area contributed by atoms with Crippen molar-refractivity contribution in [1.29, 1.82) is 0 Å². The maximum Gasteiger partial charge on any atom is 0.263 e. The normalized spacial score (nSPS) is 11.7. The number of carbonyl (C=O) groups is 1. The van der Waals surface area contributed by atoms with Crippen LogP contribution in [0.1, 0.15) is 18.1 Å². The third-order valence-corrected chi connectivity index (χ3v) is 4.17. The highest BCUT2D eigenvalue weighted by atomic mass is 79.9. The second-order valence-electron chi connectivity index (χ2n) is 5.73. The first-order valence-corrected chi connectivity index (χ1v) is 8.50. The number of likely N-dealkylation sites (N-methyl/N-ethyl adjacent to an activating group) is 1. The van der Waals surface area contributed by atoms with Gasteiger partial charge in [-0.2, -0.15) is 0 Å². The summed E-state index contributed by atoms with van der Waals surface area (Å²) in [5, 5.41) is 0. The predicted molar refractivity (Wildman–Crippen MR) is 98.4 cm³/mol. The molecule has 0 bridgehead atoms. The Balaban J connectivity index is 2.05. The van der Waals surface area contributed by atoms with E-state index in [1.54, 1.807) is 26.0 Å². The van der Waals surface area contributed by atoms with Crippen molar-refractivity contribution in [2.75, 3.05) is 14.2 Å². The van der Waals surface area contributed by atoms with Crippen LogP contribution in [0.25, 0.3) is 0 Å². The fourth-order valence-corrected chi connectivity index (χ4v) is 2.87. The van der Waals surface area contributed by atoms with E-state index in [0.717, 1.165) is 21.3 Å². The van der Waals surface area contributed by atoms with Crippen LogP contribution in [0.5, 0.6) is 11.5 Å². The van der Waals surface area contributed by atoms with E-state index in [1.807, 2.05) is 49.4 Å². The van der Waals surface area contributed by atoms with Gasteiger partial charge in [0.1, 0.15) is 11.5 Å². The van der Waals surface area contributed by atoms with Crippen LogP contribution in [0.4, 0.5) is 0 Å². The van der Waals surface area contributed by atoms with Gasteiger partial charge in [0.25, 0.3) is 5.91 Å². The number of hydrogen-bond acceptors (Lipinski definition) is 3. The monoisotopic (exact) mass is 391 g/mol. The molecule has 1 amide bonds. The van der Waals surface area contributed by atoms with Crippen LogP contribution in [0.2, 0.25) is 0 Å². The Morgan fingerprint density at radius 2 is 2.00 bits per heavy atom. The minimum atomic E-state index is -0.560. The lowest BCUT2D eigenvalue weighted by molar-refractivity contribution is -0.137. The van der Waals surface area contributed by atoms with E-state index in [2.05, 4.69) is 15.9 Å². The Labute approximate surface area is 151 Å². The topological polar surface area (TPSA) is 38.8 Å². The predicted octanol–water partition coefficient (Wildman–Crippen LogP) is 4.19. The maximum absolute atomic E-state index is 12.6. The highest BCUT2D eigenvalue weighted by Gasteiger charge is 2.20. The smallest absolute Gasteiger partial charge is 0.263 e. The minimum Gasteiger partial charge on any atom is -0.496 e. The van der Waals surface area contributed by atoms with Crippen LogP contribution < -0.4 is 9.47 Å². The molecule has 0 spiro atoms. The zero-order valence-electron chi connectivity index (χ0n) is 14.4. The van der Waals surface area contributed by atoms with E-state index < -0.39 is 6.10 Å². The van der Waals surface area contributed by atoms with E-state index in [4.69, 9.17) is 9.47 Å². The van der Waals surface area contributed by atoms with Crippen LogP contribution in [-0.4, -0.2) is 31.1 Å². The molecule has 0 saturated carbocycles. The first kappa shape index (κ1) is 18.3.